The minimum absolute atomic E-state index is 0.108. The van der Waals surface area contributed by atoms with Crippen molar-refractivity contribution in [2.24, 2.45) is 0 Å². The highest BCUT2D eigenvalue weighted by molar-refractivity contribution is 9.10. The second kappa shape index (κ2) is 6.19. The lowest BCUT2D eigenvalue weighted by Crippen LogP contribution is -2.00. The Labute approximate surface area is 127 Å². The lowest BCUT2D eigenvalue weighted by molar-refractivity contribution is -0.385. The van der Waals surface area contributed by atoms with Gasteiger partial charge in [-0.3, -0.25) is 10.1 Å². The fourth-order valence-electron chi connectivity index (χ4n) is 1.54. The summed E-state index contributed by atoms with van der Waals surface area (Å²) < 4.78 is 19.5. The van der Waals surface area contributed by atoms with Crippen LogP contribution in [0.2, 0.25) is 5.02 Å². The van der Waals surface area contributed by atoms with Crippen molar-refractivity contribution >= 4 is 33.2 Å². The van der Waals surface area contributed by atoms with E-state index in [1.165, 1.54) is 30.3 Å². The van der Waals surface area contributed by atoms with Gasteiger partial charge in [-0.25, -0.2) is 4.39 Å². The molecule has 0 fully saturated rings. The second-order valence-corrected chi connectivity index (χ2v) is 5.12. The predicted octanol–water partition coefficient (Wildman–Crippen LogP) is 4.73. The number of non-ortho nitro benzene ring substituents is 1. The van der Waals surface area contributed by atoms with E-state index in [1.54, 1.807) is 6.07 Å². The Morgan fingerprint density at radius 2 is 2.10 bits per heavy atom. The molecule has 2 aromatic carbocycles. The smallest absolute Gasteiger partial charge is 0.273 e. The van der Waals surface area contributed by atoms with E-state index in [2.05, 4.69) is 15.9 Å². The highest BCUT2D eigenvalue weighted by Gasteiger charge is 2.13. The van der Waals surface area contributed by atoms with Gasteiger partial charge in [-0.2, -0.15) is 0 Å². The van der Waals surface area contributed by atoms with E-state index in [9.17, 15) is 14.5 Å². The van der Waals surface area contributed by atoms with Gasteiger partial charge in [-0.1, -0.05) is 17.7 Å². The minimum atomic E-state index is -0.532. The van der Waals surface area contributed by atoms with Crippen LogP contribution in [0.4, 0.5) is 10.1 Å². The molecule has 0 spiro atoms. The monoisotopic (exact) mass is 359 g/mol. The van der Waals surface area contributed by atoms with Gasteiger partial charge >= 0.3 is 0 Å². The topological polar surface area (TPSA) is 52.4 Å². The number of rotatable bonds is 4. The van der Waals surface area contributed by atoms with E-state index >= 15 is 0 Å². The van der Waals surface area contributed by atoms with E-state index in [0.29, 0.717) is 4.47 Å². The van der Waals surface area contributed by atoms with Crippen LogP contribution in [0, 0.1) is 15.9 Å². The van der Waals surface area contributed by atoms with E-state index in [-0.39, 0.29) is 28.6 Å². The first-order valence-electron chi connectivity index (χ1n) is 5.48. The van der Waals surface area contributed by atoms with Crippen molar-refractivity contribution in [2.45, 2.75) is 6.61 Å². The molecule has 0 aromatic heterocycles. The first-order chi connectivity index (χ1) is 9.49. The van der Waals surface area contributed by atoms with Crippen molar-refractivity contribution in [2.75, 3.05) is 0 Å². The fraction of sp³-hybridized carbons (Fsp3) is 0.0769. The average Bonchev–Trinajstić information content (AvgIpc) is 2.39. The van der Waals surface area contributed by atoms with Crippen molar-refractivity contribution in [3.8, 4) is 5.75 Å². The minimum Gasteiger partial charge on any atom is -0.487 e. The van der Waals surface area contributed by atoms with Crippen molar-refractivity contribution in [3.63, 3.8) is 0 Å². The van der Waals surface area contributed by atoms with Gasteiger partial charge in [0, 0.05) is 11.6 Å². The van der Waals surface area contributed by atoms with Crippen LogP contribution in [-0.4, -0.2) is 4.92 Å². The third-order valence-corrected chi connectivity index (χ3v) is 3.57. The Morgan fingerprint density at radius 1 is 1.35 bits per heavy atom. The normalized spacial score (nSPS) is 10.3. The summed E-state index contributed by atoms with van der Waals surface area (Å²) in [4.78, 5) is 10.2. The molecule has 0 bridgehead atoms. The summed E-state index contributed by atoms with van der Waals surface area (Å²) in [6.07, 6.45) is 0. The molecule has 0 heterocycles. The Hall–Kier alpha value is -1.66. The Bertz CT molecular complexity index is 646. The molecular weight excluding hydrogens is 353 g/mol. The Morgan fingerprint density at radius 3 is 2.75 bits per heavy atom. The van der Waals surface area contributed by atoms with Gasteiger partial charge in [0.15, 0.2) is 0 Å². The summed E-state index contributed by atoms with van der Waals surface area (Å²) in [6, 6.07) is 8.41. The molecule has 0 radical (unpaired) electrons. The predicted molar refractivity (Wildman–Crippen MR) is 76.5 cm³/mol. The zero-order chi connectivity index (χ0) is 14.7. The lowest BCUT2D eigenvalue weighted by atomic mass is 10.2. The SMILES string of the molecule is O=[N+]([O-])c1ccc(Br)c(OCc2c(F)cccc2Cl)c1. The molecule has 0 N–H and O–H groups in total. The summed E-state index contributed by atoms with van der Waals surface area (Å²) in [5.74, 6) is -0.238. The van der Waals surface area contributed by atoms with Gasteiger partial charge in [0.05, 0.1) is 20.5 Å². The van der Waals surface area contributed by atoms with E-state index in [1.807, 2.05) is 0 Å². The number of ether oxygens (including phenoxy) is 1. The molecule has 0 atom stereocenters. The maximum Gasteiger partial charge on any atom is 0.273 e. The molecular formula is C13H8BrClFNO3. The van der Waals surface area contributed by atoms with Crippen LogP contribution in [0.15, 0.2) is 40.9 Å². The van der Waals surface area contributed by atoms with E-state index in [4.69, 9.17) is 16.3 Å². The summed E-state index contributed by atoms with van der Waals surface area (Å²) in [5, 5.41) is 10.9. The fourth-order valence-corrected chi connectivity index (χ4v) is 2.12. The molecule has 7 heteroatoms. The highest BCUT2D eigenvalue weighted by Crippen LogP contribution is 2.30. The van der Waals surface area contributed by atoms with E-state index in [0.717, 1.165) is 0 Å². The van der Waals surface area contributed by atoms with Crippen LogP contribution < -0.4 is 4.74 Å². The zero-order valence-electron chi connectivity index (χ0n) is 9.98. The standard InChI is InChI=1S/C13H8BrClFNO3/c14-10-5-4-8(17(18)19)6-13(10)20-7-9-11(15)2-1-3-12(9)16/h1-6H,7H2. The van der Waals surface area contributed by atoms with Gasteiger partial charge in [-0.15, -0.1) is 0 Å². The molecule has 0 saturated carbocycles. The van der Waals surface area contributed by atoms with Crippen LogP contribution in [0.1, 0.15) is 5.56 Å². The van der Waals surface area contributed by atoms with Gasteiger partial charge < -0.3 is 4.74 Å². The first kappa shape index (κ1) is 14.7. The molecule has 4 nitrogen and oxygen atoms in total. The third-order valence-electron chi connectivity index (χ3n) is 2.56. The molecule has 0 saturated heterocycles. The number of nitrogens with zero attached hydrogens (tertiary/aromatic N) is 1. The number of hydrogen-bond donors (Lipinski definition) is 0. The maximum absolute atomic E-state index is 13.6. The highest BCUT2D eigenvalue weighted by atomic mass is 79.9. The van der Waals surface area contributed by atoms with Crippen LogP contribution in [-0.2, 0) is 6.61 Å². The number of benzene rings is 2. The molecule has 104 valence electrons. The summed E-state index contributed by atoms with van der Waals surface area (Å²) >= 11 is 9.09. The van der Waals surface area contributed by atoms with Gasteiger partial charge in [0.25, 0.3) is 5.69 Å². The van der Waals surface area contributed by atoms with Crippen LogP contribution in [0.5, 0.6) is 5.75 Å². The van der Waals surface area contributed by atoms with Crippen molar-refractivity contribution in [3.05, 3.63) is 67.4 Å². The first-order valence-corrected chi connectivity index (χ1v) is 6.66. The van der Waals surface area contributed by atoms with Crippen LogP contribution in [0.25, 0.3) is 0 Å². The number of nitro groups is 1. The quantitative estimate of drug-likeness (QED) is 0.585. The number of halogens is 3. The molecule has 20 heavy (non-hydrogen) atoms. The largest absolute Gasteiger partial charge is 0.487 e. The Balaban J connectivity index is 2.23. The summed E-state index contributed by atoms with van der Waals surface area (Å²) in [6.45, 7) is -0.120. The summed E-state index contributed by atoms with van der Waals surface area (Å²) in [7, 11) is 0. The van der Waals surface area contributed by atoms with E-state index < -0.39 is 10.7 Å². The molecule has 0 unspecified atom stereocenters. The van der Waals surface area contributed by atoms with Crippen molar-refractivity contribution in [1.82, 2.24) is 0 Å². The van der Waals surface area contributed by atoms with Crippen LogP contribution in [0.3, 0.4) is 0 Å². The van der Waals surface area contributed by atoms with Gasteiger partial charge in [0.1, 0.15) is 18.2 Å². The zero-order valence-corrected chi connectivity index (χ0v) is 12.3. The number of hydrogen-bond acceptors (Lipinski definition) is 3. The third kappa shape index (κ3) is 3.26. The molecule has 0 amide bonds. The van der Waals surface area contributed by atoms with Crippen molar-refractivity contribution in [1.29, 1.82) is 0 Å². The maximum atomic E-state index is 13.6. The van der Waals surface area contributed by atoms with Crippen LogP contribution >= 0.6 is 27.5 Å². The van der Waals surface area contributed by atoms with Gasteiger partial charge in [-0.05, 0) is 34.1 Å². The summed E-state index contributed by atoms with van der Waals surface area (Å²) in [5.41, 5.74) is 0.0930. The molecule has 0 aliphatic heterocycles. The second-order valence-electron chi connectivity index (χ2n) is 3.86. The molecule has 2 aromatic rings. The van der Waals surface area contributed by atoms with Gasteiger partial charge in [0.2, 0.25) is 0 Å². The lowest BCUT2D eigenvalue weighted by Gasteiger charge is -2.10. The number of nitro benzene ring substituents is 1. The molecule has 0 aliphatic carbocycles. The molecule has 0 aliphatic rings. The molecule has 2 rings (SSSR count). The average molecular weight is 361 g/mol. The van der Waals surface area contributed by atoms with Crippen molar-refractivity contribution < 1.29 is 14.1 Å². The Kier molecular flexibility index (Phi) is 4.57.